The minimum atomic E-state index is -4.15. The summed E-state index contributed by atoms with van der Waals surface area (Å²) in [6.07, 6.45) is 0.342. The summed E-state index contributed by atoms with van der Waals surface area (Å²) in [7, 11) is -4.15. The molecule has 40 heavy (non-hydrogen) atoms. The molecule has 7 nitrogen and oxygen atoms in total. The van der Waals surface area contributed by atoms with Gasteiger partial charge in [-0.25, -0.2) is 8.42 Å². The number of carbonyl (C=O) groups excluding carboxylic acids is 2. The Labute approximate surface area is 247 Å². The molecule has 0 bridgehead atoms. The van der Waals surface area contributed by atoms with Crippen molar-refractivity contribution in [3.05, 3.63) is 94.0 Å². The van der Waals surface area contributed by atoms with E-state index in [1.165, 1.54) is 17.0 Å². The first kappa shape index (κ1) is 31.5. The largest absolute Gasteiger partial charge is 0.354 e. The molecule has 3 aromatic rings. The minimum absolute atomic E-state index is 0.0446. The molecule has 0 aliphatic heterocycles. The summed E-state index contributed by atoms with van der Waals surface area (Å²) in [4.78, 5) is 28.8. The lowest BCUT2D eigenvalue weighted by Crippen LogP contribution is -2.52. The van der Waals surface area contributed by atoms with Gasteiger partial charge in [-0.2, -0.15) is 0 Å². The summed E-state index contributed by atoms with van der Waals surface area (Å²) < 4.78 is 28.9. The van der Waals surface area contributed by atoms with E-state index in [-0.39, 0.29) is 23.3 Å². The Hall–Kier alpha value is -3.07. The molecule has 0 heterocycles. The normalized spacial score (nSPS) is 12.2. The van der Waals surface area contributed by atoms with Gasteiger partial charge < -0.3 is 10.2 Å². The molecular formula is C30H35Cl2N3O4S. The second-order valence-corrected chi connectivity index (χ2v) is 12.7. The Balaban J connectivity index is 2.06. The molecule has 0 aromatic heterocycles. The smallest absolute Gasteiger partial charge is 0.264 e. The number of nitrogens with zero attached hydrogens (tertiary/aromatic N) is 2. The monoisotopic (exact) mass is 603 g/mol. The molecule has 214 valence electrons. The molecule has 0 fully saturated rings. The van der Waals surface area contributed by atoms with E-state index in [1.807, 2.05) is 20.8 Å². The van der Waals surface area contributed by atoms with Gasteiger partial charge in [0.25, 0.3) is 10.0 Å². The lowest BCUT2D eigenvalue weighted by Gasteiger charge is -2.33. The Bertz CT molecular complexity index is 1410. The molecule has 0 aliphatic rings. The molecule has 3 aromatic carbocycles. The highest BCUT2D eigenvalue weighted by Gasteiger charge is 2.34. The van der Waals surface area contributed by atoms with Gasteiger partial charge in [0.2, 0.25) is 11.8 Å². The van der Waals surface area contributed by atoms with Crippen molar-refractivity contribution in [2.24, 2.45) is 5.92 Å². The fraction of sp³-hybridized carbons (Fsp3) is 0.333. The van der Waals surface area contributed by atoms with Crippen LogP contribution in [0.2, 0.25) is 10.0 Å². The predicted molar refractivity (Wildman–Crippen MR) is 161 cm³/mol. The number of carbonyl (C=O) groups is 2. The number of sulfonamides is 1. The van der Waals surface area contributed by atoms with Crippen LogP contribution >= 0.6 is 23.2 Å². The lowest BCUT2D eigenvalue weighted by atomic mass is 10.1. The van der Waals surface area contributed by atoms with E-state index in [2.05, 4.69) is 5.32 Å². The van der Waals surface area contributed by atoms with Gasteiger partial charge in [0.15, 0.2) is 0 Å². The second-order valence-electron chi connectivity index (χ2n) is 9.97. The van der Waals surface area contributed by atoms with Crippen LogP contribution in [-0.4, -0.2) is 44.3 Å². The minimum Gasteiger partial charge on any atom is -0.354 e. The molecular weight excluding hydrogens is 569 g/mol. The maximum atomic E-state index is 14.1. The van der Waals surface area contributed by atoms with Crippen molar-refractivity contribution in [1.82, 2.24) is 10.2 Å². The third-order valence-corrected chi connectivity index (χ3v) is 8.64. The van der Waals surface area contributed by atoms with Gasteiger partial charge in [0.1, 0.15) is 12.6 Å². The highest BCUT2D eigenvalue weighted by Crippen LogP contribution is 2.29. The maximum absolute atomic E-state index is 14.1. The van der Waals surface area contributed by atoms with Gasteiger partial charge in [0, 0.05) is 23.1 Å². The van der Waals surface area contributed by atoms with Gasteiger partial charge in [-0.05, 0) is 72.9 Å². The Kier molecular flexibility index (Phi) is 11.0. The first-order valence-electron chi connectivity index (χ1n) is 13.1. The average Bonchev–Trinajstić information content (AvgIpc) is 2.92. The van der Waals surface area contributed by atoms with Crippen molar-refractivity contribution in [1.29, 1.82) is 0 Å². The number of hydrogen-bond acceptors (Lipinski definition) is 4. The lowest BCUT2D eigenvalue weighted by molar-refractivity contribution is -0.140. The SMILES string of the molecule is CCC(C(=O)NCC(C)C)N(Cc1ccc(Cl)cc1)C(=O)CN(c1ccc(Cl)cc1C)S(=O)(=O)c1ccccc1. The summed E-state index contributed by atoms with van der Waals surface area (Å²) in [5.74, 6) is -0.588. The molecule has 0 saturated carbocycles. The van der Waals surface area contributed by atoms with Crippen LogP contribution in [0.15, 0.2) is 77.7 Å². The fourth-order valence-electron chi connectivity index (χ4n) is 4.26. The Morgan fingerprint density at radius 1 is 0.925 bits per heavy atom. The van der Waals surface area contributed by atoms with Crippen LogP contribution in [-0.2, 0) is 26.2 Å². The summed E-state index contributed by atoms with van der Waals surface area (Å²) in [6, 6.07) is 18.9. The number of anilines is 1. The van der Waals surface area contributed by atoms with Crippen molar-refractivity contribution < 1.29 is 18.0 Å². The fourth-order valence-corrected chi connectivity index (χ4v) is 6.11. The van der Waals surface area contributed by atoms with Gasteiger partial charge in [0.05, 0.1) is 10.6 Å². The highest BCUT2D eigenvalue weighted by atomic mass is 35.5. The quantitative estimate of drug-likeness (QED) is 0.272. The van der Waals surface area contributed by atoms with Gasteiger partial charge in [-0.3, -0.25) is 13.9 Å². The molecule has 0 radical (unpaired) electrons. The van der Waals surface area contributed by atoms with Crippen LogP contribution in [0.1, 0.15) is 38.3 Å². The van der Waals surface area contributed by atoms with E-state index in [0.717, 1.165) is 9.87 Å². The Morgan fingerprint density at radius 3 is 2.12 bits per heavy atom. The van der Waals surface area contributed by atoms with E-state index in [1.54, 1.807) is 67.6 Å². The summed E-state index contributed by atoms with van der Waals surface area (Å²) in [5.41, 5.74) is 1.67. The van der Waals surface area contributed by atoms with Gasteiger partial charge >= 0.3 is 0 Å². The number of amides is 2. The molecule has 3 rings (SSSR count). The van der Waals surface area contributed by atoms with E-state index in [4.69, 9.17) is 23.2 Å². The van der Waals surface area contributed by atoms with Crippen LogP contribution in [0.5, 0.6) is 0 Å². The number of aryl methyl sites for hydroxylation is 1. The average molecular weight is 605 g/mol. The van der Waals surface area contributed by atoms with Crippen molar-refractivity contribution in [3.63, 3.8) is 0 Å². The number of benzene rings is 3. The molecule has 10 heteroatoms. The first-order chi connectivity index (χ1) is 18.9. The zero-order valence-corrected chi connectivity index (χ0v) is 25.4. The third-order valence-electron chi connectivity index (χ3n) is 6.37. The zero-order chi connectivity index (χ0) is 29.4. The molecule has 2 amide bonds. The number of nitrogens with one attached hydrogen (secondary N) is 1. The van der Waals surface area contributed by atoms with Crippen molar-refractivity contribution >= 4 is 50.7 Å². The van der Waals surface area contributed by atoms with Gasteiger partial charge in [-0.1, -0.05) is 74.3 Å². The van der Waals surface area contributed by atoms with Crippen molar-refractivity contribution in [2.45, 2.75) is 51.6 Å². The molecule has 0 saturated heterocycles. The van der Waals surface area contributed by atoms with Crippen molar-refractivity contribution in [3.8, 4) is 0 Å². The van der Waals surface area contributed by atoms with E-state index < -0.39 is 28.5 Å². The van der Waals surface area contributed by atoms with E-state index >= 15 is 0 Å². The van der Waals surface area contributed by atoms with Crippen LogP contribution in [0.3, 0.4) is 0 Å². The summed E-state index contributed by atoms with van der Waals surface area (Å²) >= 11 is 12.2. The molecule has 0 aliphatic carbocycles. The standard InChI is InChI=1S/C30H35Cl2N3O4S/c1-5-27(30(37)33-18-21(2)3)34(19-23-11-13-24(31)14-12-23)29(36)20-35(28-16-15-25(32)17-22(28)4)40(38,39)26-9-7-6-8-10-26/h6-17,21,27H,5,18-20H2,1-4H3,(H,33,37). The maximum Gasteiger partial charge on any atom is 0.264 e. The van der Waals surface area contributed by atoms with Crippen molar-refractivity contribution in [2.75, 3.05) is 17.4 Å². The summed E-state index contributed by atoms with van der Waals surface area (Å²) in [6.45, 7) is 7.57. The Morgan fingerprint density at radius 2 is 1.55 bits per heavy atom. The van der Waals surface area contributed by atoms with Crippen LogP contribution in [0.4, 0.5) is 5.69 Å². The second kappa shape index (κ2) is 14.0. The third kappa shape index (κ3) is 7.99. The van der Waals surface area contributed by atoms with Gasteiger partial charge in [-0.15, -0.1) is 0 Å². The molecule has 1 N–H and O–H groups in total. The van der Waals surface area contributed by atoms with Crippen LogP contribution in [0, 0.1) is 12.8 Å². The van der Waals surface area contributed by atoms with Crippen LogP contribution < -0.4 is 9.62 Å². The van der Waals surface area contributed by atoms with E-state index in [9.17, 15) is 18.0 Å². The number of halogens is 2. The summed E-state index contributed by atoms with van der Waals surface area (Å²) in [5, 5.41) is 3.91. The number of rotatable bonds is 12. The molecule has 1 unspecified atom stereocenters. The first-order valence-corrected chi connectivity index (χ1v) is 15.3. The zero-order valence-electron chi connectivity index (χ0n) is 23.1. The molecule has 1 atom stereocenters. The number of hydrogen-bond donors (Lipinski definition) is 1. The molecule has 0 spiro atoms. The van der Waals surface area contributed by atoms with E-state index in [0.29, 0.717) is 34.3 Å². The predicted octanol–water partition coefficient (Wildman–Crippen LogP) is 6.08. The van der Waals surface area contributed by atoms with Crippen LogP contribution in [0.25, 0.3) is 0 Å². The topological polar surface area (TPSA) is 86.8 Å². The highest BCUT2D eigenvalue weighted by molar-refractivity contribution is 7.92.